The molecule has 2 rings (SSSR count). The van der Waals surface area contributed by atoms with Gasteiger partial charge in [0, 0.05) is 4.47 Å². The highest BCUT2D eigenvalue weighted by molar-refractivity contribution is 9.10. The molecule has 7 heteroatoms. The van der Waals surface area contributed by atoms with E-state index in [2.05, 4.69) is 15.9 Å². The van der Waals surface area contributed by atoms with Gasteiger partial charge in [-0.05, 0) is 12.1 Å². The van der Waals surface area contributed by atoms with Crippen LogP contribution in [0.2, 0.25) is 0 Å². The van der Waals surface area contributed by atoms with Crippen molar-refractivity contribution in [3.63, 3.8) is 0 Å². The highest BCUT2D eigenvalue weighted by Gasteiger charge is 2.34. The standard InChI is InChI=1S/C10H7BrF4O2/c11-6-3-5(10(13,14)15)4-7(12)8(6)9-16-1-2-17-9/h3-4,9H,1-2H2. The number of benzene rings is 1. The summed E-state index contributed by atoms with van der Waals surface area (Å²) in [5.41, 5.74) is -1.10. The van der Waals surface area contributed by atoms with Crippen molar-refractivity contribution in [3.05, 3.63) is 33.5 Å². The lowest BCUT2D eigenvalue weighted by Gasteiger charge is -2.15. The molecule has 0 aromatic heterocycles. The Labute approximate surface area is 103 Å². The van der Waals surface area contributed by atoms with Gasteiger partial charge in [0.05, 0.1) is 24.3 Å². The zero-order valence-electron chi connectivity index (χ0n) is 8.35. The summed E-state index contributed by atoms with van der Waals surface area (Å²) in [6, 6.07) is 1.24. The van der Waals surface area contributed by atoms with E-state index in [1.807, 2.05) is 0 Å². The predicted molar refractivity (Wildman–Crippen MR) is 53.7 cm³/mol. The highest BCUT2D eigenvalue weighted by atomic mass is 79.9. The SMILES string of the molecule is Fc1cc(C(F)(F)F)cc(Br)c1C1OCCO1. The number of ether oxygens (including phenoxy) is 2. The van der Waals surface area contributed by atoms with Crippen molar-refractivity contribution < 1.29 is 27.0 Å². The Morgan fingerprint density at radius 1 is 1.18 bits per heavy atom. The molecule has 0 saturated carbocycles. The van der Waals surface area contributed by atoms with Gasteiger partial charge in [0.2, 0.25) is 0 Å². The van der Waals surface area contributed by atoms with Crippen LogP contribution in [0.5, 0.6) is 0 Å². The summed E-state index contributed by atoms with van der Waals surface area (Å²) in [6.45, 7) is 0.579. The maximum Gasteiger partial charge on any atom is 0.416 e. The van der Waals surface area contributed by atoms with E-state index in [-0.39, 0.29) is 23.2 Å². The molecule has 0 aliphatic carbocycles. The molecule has 1 aromatic carbocycles. The largest absolute Gasteiger partial charge is 0.416 e. The molecule has 0 unspecified atom stereocenters. The third kappa shape index (κ3) is 2.61. The van der Waals surface area contributed by atoms with Crippen molar-refractivity contribution >= 4 is 15.9 Å². The van der Waals surface area contributed by atoms with Gasteiger partial charge in [-0.1, -0.05) is 15.9 Å². The maximum absolute atomic E-state index is 13.6. The van der Waals surface area contributed by atoms with Crippen LogP contribution < -0.4 is 0 Å². The van der Waals surface area contributed by atoms with Crippen LogP contribution in [0.25, 0.3) is 0 Å². The van der Waals surface area contributed by atoms with Crippen molar-refractivity contribution in [1.82, 2.24) is 0 Å². The number of rotatable bonds is 1. The van der Waals surface area contributed by atoms with E-state index in [9.17, 15) is 17.6 Å². The van der Waals surface area contributed by atoms with Crippen molar-refractivity contribution in [3.8, 4) is 0 Å². The lowest BCUT2D eigenvalue weighted by Crippen LogP contribution is -2.09. The molecule has 1 saturated heterocycles. The molecular formula is C10H7BrF4O2. The molecule has 0 bridgehead atoms. The van der Waals surface area contributed by atoms with Crippen LogP contribution in [0.4, 0.5) is 17.6 Å². The minimum Gasteiger partial charge on any atom is -0.346 e. The van der Waals surface area contributed by atoms with Crippen LogP contribution in [-0.2, 0) is 15.7 Å². The highest BCUT2D eigenvalue weighted by Crippen LogP contribution is 2.37. The quantitative estimate of drug-likeness (QED) is 0.737. The van der Waals surface area contributed by atoms with Gasteiger partial charge in [-0.15, -0.1) is 0 Å². The summed E-state index contributed by atoms with van der Waals surface area (Å²) in [5, 5.41) is 0. The second-order valence-corrected chi connectivity index (χ2v) is 4.28. The van der Waals surface area contributed by atoms with Gasteiger partial charge in [-0.25, -0.2) is 4.39 Å². The van der Waals surface area contributed by atoms with E-state index in [4.69, 9.17) is 9.47 Å². The Morgan fingerprint density at radius 2 is 1.76 bits per heavy atom. The average molecular weight is 315 g/mol. The fourth-order valence-electron chi connectivity index (χ4n) is 1.50. The van der Waals surface area contributed by atoms with Crippen LogP contribution in [0.3, 0.4) is 0 Å². The van der Waals surface area contributed by atoms with Crippen LogP contribution in [0.1, 0.15) is 17.4 Å². The fourth-order valence-corrected chi connectivity index (χ4v) is 2.12. The second kappa shape index (κ2) is 4.55. The summed E-state index contributed by atoms with van der Waals surface area (Å²) >= 11 is 2.90. The Morgan fingerprint density at radius 3 is 2.24 bits per heavy atom. The summed E-state index contributed by atoms with van der Waals surface area (Å²) < 4.78 is 60.9. The summed E-state index contributed by atoms with van der Waals surface area (Å²) in [7, 11) is 0. The van der Waals surface area contributed by atoms with E-state index < -0.39 is 23.8 Å². The predicted octanol–water partition coefficient (Wildman–Crippen LogP) is 3.65. The van der Waals surface area contributed by atoms with Crippen LogP contribution >= 0.6 is 15.9 Å². The molecule has 1 heterocycles. The first kappa shape index (κ1) is 12.8. The summed E-state index contributed by atoms with van der Waals surface area (Å²) in [6.07, 6.45) is -5.54. The van der Waals surface area contributed by atoms with Crippen LogP contribution in [0, 0.1) is 5.82 Å². The molecule has 0 radical (unpaired) electrons. The third-order valence-electron chi connectivity index (χ3n) is 2.26. The van der Waals surface area contributed by atoms with Gasteiger partial charge < -0.3 is 9.47 Å². The van der Waals surface area contributed by atoms with Gasteiger partial charge in [0.15, 0.2) is 6.29 Å². The Bertz CT molecular complexity index is 404. The molecule has 94 valence electrons. The number of halogens is 5. The number of hydrogen-bond acceptors (Lipinski definition) is 2. The van der Waals surface area contributed by atoms with Gasteiger partial charge in [0.25, 0.3) is 0 Å². The second-order valence-electron chi connectivity index (χ2n) is 3.42. The van der Waals surface area contributed by atoms with E-state index in [0.29, 0.717) is 6.07 Å². The van der Waals surface area contributed by atoms with E-state index in [1.54, 1.807) is 0 Å². The Hall–Kier alpha value is -0.660. The van der Waals surface area contributed by atoms with Gasteiger partial charge in [0.1, 0.15) is 5.82 Å². The van der Waals surface area contributed by atoms with Gasteiger partial charge in [-0.3, -0.25) is 0 Å². The molecule has 0 atom stereocenters. The topological polar surface area (TPSA) is 18.5 Å². The van der Waals surface area contributed by atoms with Crippen molar-refractivity contribution in [1.29, 1.82) is 0 Å². The van der Waals surface area contributed by atoms with E-state index >= 15 is 0 Å². The smallest absolute Gasteiger partial charge is 0.346 e. The molecule has 0 N–H and O–H groups in total. The molecule has 0 spiro atoms. The van der Waals surface area contributed by atoms with E-state index in [1.165, 1.54) is 0 Å². The van der Waals surface area contributed by atoms with E-state index in [0.717, 1.165) is 6.07 Å². The Kier molecular flexibility index (Phi) is 3.42. The van der Waals surface area contributed by atoms with Gasteiger partial charge >= 0.3 is 6.18 Å². The van der Waals surface area contributed by atoms with Crippen molar-refractivity contribution in [2.24, 2.45) is 0 Å². The zero-order valence-corrected chi connectivity index (χ0v) is 9.94. The first-order valence-corrected chi connectivity index (χ1v) is 5.48. The minimum atomic E-state index is -4.58. The van der Waals surface area contributed by atoms with Crippen molar-refractivity contribution in [2.45, 2.75) is 12.5 Å². The molecule has 1 aliphatic heterocycles. The normalized spacial score (nSPS) is 17.7. The molecule has 1 aromatic rings. The van der Waals surface area contributed by atoms with Crippen LogP contribution in [-0.4, -0.2) is 13.2 Å². The van der Waals surface area contributed by atoms with Gasteiger partial charge in [-0.2, -0.15) is 13.2 Å². The zero-order chi connectivity index (χ0) is 12.6. The third-order valence-corrected chi connectivity index (χ3v) is 2.92. The molecule has 1 aliphatic rings. The first-order chi connectivity index (χ1) is 7.89. The first-order valence-electron chi connectivity index (χ1n) is 4.69. The minimum absolute atomic E-state index is 0.0169. The molecule has 2 nitrogen and oxygen atoms in total. The molecule has 0 amide bonds. The molecule has 17 heavy (non-hydrogen) atoms. The average Bonchev–Trinajstić information content (AvgIpc) is 2.68. The lowest BCUT2D eigenvalue weighted by molar-refractivity contribution is -0.138. The summed E-state index contributed by atoms with van der Waals surface area (Å²) in [4.78, 5) is 0. The fraction of sp³-hybridized carbons (Fsp3) is 0.400. The molecular weight excluding hydrogens is 308 g/mol. The number of hydrogen-bond donors (Lipinski definition) is 0. The monoisotopic (exact) mass is 314 g/mol. The summed E-state index contributed by atoms with van der Waals surface area (Å²) in [5.74, 6) is -1.00. The molecule has 1 fully saturated rings. The lowest BCUT2D eigenvalue weighted by atomic mass is 10.1. The number of alkyl halides is 3. The Balaban J connectivity index is 2.42. The van der Waals surface area contributed by atoms with Crippen molar-refractivity contribution in [2.75, 3.05) is 13.2 Å². The van der Waals surface area contributed by atoms with Crippen LogP contribution in [0.15, 0.2) is 16.6 Å². The maximum atomic E-state index is 13.6.